The molecule has 1 saturated carbocycles. The van der Waals surface area contributed by atoms with Gasteiger partial charge in [0.25, 0.3) is 11.5 Å². The second-order valence-electron chi connectivity index (χ2n) is 11.8. The number of likely N-dealkylation sites (tertiary alicyclic amines) is 2. The molecule has 2 aromatic carbocycles. The molecule has 1 unspecified atom stereocenters. The monoisotopic (exact) mass is 579 g/mol. The molecule has 3 aliphatic rings. The number of piperidine rings is 1. The SMILES string of the molecule is CN(C)C.O=Cc1ccc(C2CCN(C3CC4(C3)CN(C(=O)C(O)(c3ccccc3)C(F)(F)F)C4)CC2)cc1Cl. The summed E-state index contributed by atoms with van der Waals surface area (Å²) in [6.45, 7) is 2.32. The summed E-state index contributed by atoms with van der Waals surface area (Å²) in [4.78, 5) is 29.4. The molecular formula is C30H37ClF3N3O3. The first-order valence-electron chi connectivity index (χ1n) is 13.5. The normalized spacial score (nSPS) is 21.2. The van der Waals surface area contributed by atoms with E-state index in [0.717, 1.165) is 67.7 Å². The van der Waals surface area contributed by atoms with Crippen molar-refractivity contribution in [2.24, 2.45) is 5.41 Å². The van der Waals surface area contributed by atoms with Crippen LogP contribution in [0.1, 0.15) is 53.1 Å². The van der Waals surface area contributed by atoms with Gasteiger partial charge in [-0.05, 0) is 83.5 Å². The summed E-state index contributed by atoms with van der Waals surface area (Å²) < 4.78 is 41.5. The van der Waals surface area contributed by atoms with Gasteiger partial charge in [0.2, 0.25) is 0 Å². The Labute approximate surface area is 238 Å². The van der Waals surface area contributed by atoms with E-state index in [1.807, 2.05) is 38.2 Å². The highest BCUT2D eigenvalue weighted by molar-refractivity contribution is 6.33. The van der Waals surface area contributed by atoms with Crippen LogP contribution in [0.3, 0.4) is 0 Å². The average molecular weight is 580 g/mol. The minimum Gasteiger partial charge on any atom is -0.369 e. The highest BCUT2D eigenvalue weighted by Gasteiger charge is 2.65. The number of rotatable bonds is 5. The first kappa shape index (κ1) is 30.5. The highest BCUT2D eigenvalue weighted by atomic mass is 35.5. The Bertz CT molecular complexity index is 1180. The predicted octanol–water partition coefficient (Wildman–Crippen LogP) is 4.95. The van der Waals surface area contributed by atoms with Gasteiger partial charge in [-0.15, -0.1) is 0 Å². The van der Waals surface area contributed by atoms with E-state index in [0.29, 0.717) is 22.5 Å². The molecule has 3 fully saturated rings. The van der Waals surface area contributed by atoms with Crippen LogP contribution in [0.25, 0.3) is 0 Å². The molecule has 5 rings (SSSR count). The van der Waals surface area contributed by atoms with Crippen molar-refractivity contribution < 1.29 is 27.9 Å². The van der Waals surface area contributed by atoms with Gasteiger partial charge < -0.3 is 19.8 Å². The first-order valence-corrected chi connectivity index (χ1v) is 13.9. The van der Waals surface area contributed by atoms with Crippen molar-refractivity contribution in [2.45, 2.75) is 49.4 Å². The van der Waals surface area contributed by atoms with Gasteiger partial charge in [-0.1, -0.05) is 48.0 Å². The molecular weight excluding hydrogens is 543 g/mol. The molecule has 1 aliphatic carbocycles. The minimum atomic E-state index is -5.11. The van der Waals surface area contributed by atoms with Crippen molar-refractivity contribution in [2.75, 3.05) is 47.3 Å². The number of carbonyl (C=O) groups excluding carboxylic acids is 2. The van der Waals surface area contributed by atoms with E-state index in [9.17, 15) is 27.9 Å². The summed E-state index contributed by atoms with van der Waals surface area (Å²) in [5.41, 5.74) is -2.52. The molecule has 0 bridgehead atoms. The Morgan fingerprint density at radius 1 is 1.05 bits per heavy atom. The number of hydrogen-bond acceptors (Lipinski definition) is 5. The number of nitrogens with zero attached hydrogens (tertiary/aromatic N) is 3. The predicted molar refractivity (Wildman–Crippen MR) is 148 cm³/mol. The van der Waals surface area contributed by atoms with Crippen molar-refractivity contribution in [1.29, 1.82) is 0 Å². The third-order valence-electron chi connectivity index (χ3n) is 8.26. The van der Waals surface area contributed by atoms with Gasteiger partial charge >= 0.3 is 6.18 Å². The highest BCUT2D eigenvalue weighted by Crippen LogP contribution is 2.53. The van der Waals surface area contributed by atoms with Gasteiger partial charge in [-0.2, -0.15) is 13.2 Å². The summed E-state index contributed by atoms with van der Waals surface area (Å²) >= 11 is 6.19. The molecule has 218 valence electrons. The summed E-state index contributed by atoms with van der Waals surface area (Å²) in [6.07, 6.45) is -0.727. The lowest BCUT2D eigenvalue weighted by molar-refractivity contribution is -0.267. The van der Waals surface area contributed by atoms with Crippen LogP contribution in [0.5, 0.6) is 0 Å². The number of alkyl halides is 3. The molecule has 2 aromatic rings. The average Bonchev–Trinajstić information content (AvgIpc) is 2.86. The zero-order valence-corrected chi connectivity index (χ0v) is 23.9. The molecule has 0 radical (unpaired) electrons. The third kappa shape index (κ3) is 6.08. The van der Waals surface area contributed by atoms with E-state index in [1.54, 1.807) is 12.1 Å². The number of aliphatic hydroxyl groups is 1. The summed E-state index contributed by atoms with van der Waals surface area (Å²) in [5, 5.41) is 11.0. The lowest BCUT2D eigenvalue weighted by Gasteiger charge is -2.62. The molecule has 1 spiro atoms. The van der Waals surface area contributed by atoms with Gasteiger partial charge in [0, 0.05) is 35.7 Å². The lowest BCUT2D eigenvalue weighted by atomic mass is 9.59. The van der Waals surface area contributed by atoms with Crippen LogP contribution in [-0.2, 0) is 10.4 Å². The van der Waals surface area contributed by atoms with Crippen LogP contribution in [0, 0.1) is 5.41 Å². The second-order valence-corrected chi connectivity index (χ2v) is 12.3. The number of hydrogen-bond donors (Lipinski definition) is 1. The number of halogens is 4. The molecule has 2 aliphatic heterocycles. The fraction of sp³-hybridized carbons (Fsp3) is 0.533. The smallest absolute Gasteiger partial charge is 0.369 e. The van der Waals surface area contributed by atoms with E-state index in [1.165, 1.54) is 12.1 Å². The molecule has 1 atom stereocenters. The van der Waals surface area contributed by atoms with Crippen LogP contribution >= 0.6 is 11.6 Å². The largest absolute Gasteiger partial charge is 0.430 e. The Balaban J connectivity index is 0.000000867. The zero-order valence-electron chi connectivity index (χ0n) is 23.1. The standard InChI is InChI=1S/C27H28ClF3N2O3.C3H9N/c28-23-12-19(6-7-20(23)15-34)18-8-10-32(11-9-18)22-13-25(14-22)16-33(17-25)24(35)26(36,27(29,30)31)21-4-2-1-3-5-21;1-4(2)3/h1-7,12,15,18,22,36H,8-11,13-14,16-17H2;1-3H3. The summed E-state index contributed by atoms with van der Waals surface area (Å²) in [5.74, 6) is -0.918. The van der Waals surface area contributed by atoms with Gasteiger partial charge in [0.05, 0.1) is 5.02 Å². The number of benzene rings is 2. The Morgan fingerprint density at radius 2 is 1.62 bits per heavy atom. The number of aldehydes is 1. The summed E-state index contributed by atoms with van der Waals surface area (Å²) in [7, 11) is 6.00. The minimum absolute atomic E-state index is 0.154. The maximum absolute atomic E-state index is 13.8. The van der Waals surface area contributed by atoms with Crippen LogP contribution in [-0.4, -0.2) is 91.5 Å². The van der Waals surface area contributed by atoms with Gasteiger partial charge in [-0.3, -0.25) is 9.59 Å². The van der Waals surface area contributed by atoms with E-state index in [2.05, 4.69) is 4.90 Å². The first-order chi connectivity index (χ1) is 18.8. The van der Waals surface area contributed by atoms with Gasteiger partial charge in [0.15, 0.2) is 6.29 Å². The Morgan fingerprint density at radius 3 is 2.12 bits per heavy atom. The molecule has 6 nitrogen and oxygen atoms in total. The van der Waals surface area contributed by atoms with Crippen molar-refractivity contribution in [1.82, 2.24) is 14.7 Å². The van der Waals surface area contributed by atoms with Gasteiger partial charge in [0.1, 0.15) is 0 Å². The van der Waals surface area contributed by atoms with Crippen LogP contribution < -0.4 is 0 Å². The quantitative estimate of drug-likeness (QED) is 0.508. The lowest BCUT2D eigenvalue weighted by Crippen LogP contribution is -2.71. The molecule has 1 amide bonds. The molecule has 10 heteroatoms. The Kier molecular flexibility index (Phi) is 9.00. The number of amides is 1. The van der Waals surface area contributed by atoms with E-state index in [-0.39, 0.29) is 18.5 Å². The topological polar surface area (TPSA) is 64.1 Å². The number of carbonyl (C=O) groups is 2. The van der Waals surface area contributed by atoms with Crippen molar-refractivity contribution in [3.63, 3.8) is 0 Å². The van der Waals surface area contributed by atoms with Crippen molar-refractivity contribution in [3.05, 3.63) is 70.2 Å². The second kappa shape index (κ2) is 11.8. The maximum Gasteiger partial charge on any atom is 0.430 e. The third-order valence-corrected chi connectivity index (χ3v) is 8.58. The van der Waals surface area contributed by atoms with Crippen LogP contribution in [0.2, 0.25) is 5.02 Å². The fourth-order valence-electron chi connectivity index (χ4n) is 6.17. The van der Waals surface area contributed by atoms with Crippen molar-refractivity contribution >= 4 is 23.8 Å². The molecule has 2 saturated heterocycles. The molecule has 0 aromatic heterocycles. The molecule has 2 heterocycles. The maximum atomic E-state index is 13.8. The Hall–Kier alpha value is -2.46. The van der Waals surface area contributed by atoms with Crippen LogP contribution in [0.4, 0.5) is 13.2 Å². The van der Waals surface area contributed by atoms with Crippen molar-refractivity contribution in [3.8, 4) is 0 Å². The van der Waals surface area contributed by atoms with E-state index in [4.69, 9.17) is 11.6 Å². The molecule has 1 N–H and O–H groups in total. The van der Waals surface area contributed by atoms with Gasteiger partial charge in [-0.25, -0.2) is 0 Å². The van der Waals surface area contributed by atoms with Crippen LogP contribution in [0.15, 0.2) is 48.5 Å². The van der Waals surface area contributed by atoms with E-state index >= 15 is 0 Å². The summed E-state index contributed by atoms with van der Waals surface area (Å²) in [6, 6.07) is 12.5. The van der Waals surface area contributed by atoms with E-state index < -0.39 is 23.2 Å². The fourth-order valence-corrected chi connectivity index (χ4v) is 6.40. The molecule has 40 heavy (non-hydrogen) atoms. The zero-order chi connectivity index (χ0) is 29.3.